The molecule has 2 rings (SSSR count). The summed E-state index contributed by atoms with van der Waals surface area (Å²) in [5.74, 6) is -0.230. The molecule has 2 N–H and O–H groups in total. The lowest BCUT2D eigenvalue weighted by atomic mass is 10.1. The first-order valence-electron chi connectivity index (χ1n) is 6.45. The lowest BCUT2D eigenvalue weighted by Crippen LogP contribution is -2.22. The Labute approximate surface area is 113 Å². The van der Waals surface area contributed by atoms with Gasteiger partial charge in [0.1, 0.15) is 5.82 Å². The van der Waals surface area contributed by atoms with Crippen molar-refractivity contribution in [1.82, 2.24) is 0 Å². The predicted octanol–water partition coefficient (Wildman–Crippen LogP) is 2.96. The average Bonchev–Trinajstić information content (AvgIpc) is 2.45. The van der Waals surface area contributed by atoms with Gasteiger partial charge in [0.25, 0.3) is 0 Å². The van der Waals surface area contributed by atoms with E-state index in [-0.39, 0.29) is 12.4 Å². The largest absolute Gasteiger partial charge is 0.374 e. The van der Waals surface area contributed by atoms with Crippen LogP contribution in [0.15, 0.2) is 48.5 Å². The van der Waals surface area contributed by atoms with Crippen LogP contribution in [0.3, 0.4) is 0 Å². The second kappa shape index (κ2) is 6.34. The molecule has 0 unspecified atom stereocenters. The van der Waals surface area contributed by atoms with E-state index in [2.05, 4.69) is 17.0 Å². The van der Waals surface area contributed by atoms with Crippen LogP contribution < -0.4 is 10.6 Å². The zero-order chi connectivity index (χ0) is 13.7. The molecule has 2 aromatic rings. The smallest absolute Gasteiger partial charge is 0.129 e. The first-order valence-corrected chi connectivity index (χ1v) is 6.45. The normalized spacial score (nSPS) is 10.5. The fourth-order valence-electron chi connectivity index (χ4n) is 2.17. The topological polar surface area (TPSA) is 29.3 Å². The molecular weight excluding hydrogens is 239 g/mol. The zero-order valence-corrected chi connectivity index (χ0v) is 11.1. The van der Waals surface area contributed by atoms with Gasteiger partial charge in [-0.1, -0.05) is 36.4 Å². The van der Waals surface area contributed by atoms with E-state index >= 15 is 0 Å². The number of nitrogens with zero attached hydrogens (tertiary/aromatic N) is 1. The third-order valence-corrected chi connectivity index (χ3v) is 3.29. The molecule has 0 aliphatic heterocycles. The van der Waals surface area contributed by atoms with Crippen LogP contribution in [0.4, 0.5) is 10.1 Å². The van der Waals surface area contributed by atoms with Gasteiger partial charge < -0.3 is 10.6 Å². The van der Waals surface area contributed by atoms with Gasteiger partial charge in [-0.15, -0.1) is 0 Å². The number of hydrogen-bond acceptors (Lipinski definition) is 2. The summed E-state index contributed by atoms with van der Waals surface area (Å²) in [7, 11) is 1.97. The van der Waals surface area contributed by atoms with Gasteiger partial charge in [0.2, 0.25) is 0 Å². The Morgan fingerprint density at radius 1 is 1.05 bits per heavy atom. The molecule has 0 aliphatic rings. The molecule has 0 radical (unpaired) electrons. The van der Waals surface area contributed by atoms with Crippen LogP contribution in [0.25, 0.3) is 0 Å². The Morgan fingerprint density at radius 3 is 2.47 bits per heavy atom. The SMILES string of the molecule is CN(CCc1ccccc1)c1cccc(F)c1CN. The van der Waals surface area contributed by atoms with Gasteiger partial charge in [0.15, 0.2) is 0 Å². The minimum absolute atomic E-state index is 0.220. The second-order valence-corrected chi connectivity index (χ2v) is 4.60. The van der Waals surface area contributed by atoms with E-state index in [1.165, 1.54) is 11.6 Å². The number of anilines is 1. The van der Waals surface area contributed by atoms with Crippen LogP contribution in [0, 0.1) is 5.82 Å². The van der Waals surface area contributed by atoms with Crippen LogP contribution in [-0.4, -0.2) is 13.6 Å². The summed E-state index contributed by atoms with van der Waals surface area (Å²) < 4.78 is 13.7. The molecule has 0 aromatic heterocycles. The molecule has 0 amide bonds. The van der Waals surface area contributed by atoms with Crippen LogP contribution in [-0.2, 0) is 13.0 Å². The van der Waals surface area contributed by atoms with Crippen LogP contribution in [0.5, 0.6) is 0 Å². The number of rotatable bonds is 5. The first kappa shape index (κ1) is 13.6. The maximum atomic E-state index is 13.7. The Hall–Kier alpha value is -1.87. The number of hydrogen-bond donors (Lipinski definition) is 1. The average molecular weight is 258 g/mol. The highest BCUT2D eigenvalue weighted by atomic mass is 19.1. The summed E-state index contributed by atoms with van der Waals surface area (Å²) in [5, 5.41) is 0. The van der Waals surface area contributed by atoms with Crippen molar-refractivity contribution in [2.24, 2.45) is 5.73 Å². The summed E-state index contributed by atoms with van der Waals surface area (Å²) in [6.45, 7) is 1.05. The number of likely N-dealkylation sites (N-methyl/N-ethyl adjacent to an activating group) is 1. The molecule has 0 fully saturated rings. The second-order valence-electron chi connectivity index (χ2n) is 4.60. The summed E-state index contributed by atoms with van der Waals surface area (Å²) in [5.41, 5.74) is 8.36. The summed E-state index contributed by atoms with van der Waals surface area (Å²) >= 11 is 0. The molecule has 0 saturated heterocycles. The number of nitrogens with two attached hydrogens (primary N) is 1. The highest BCUT2D eigenvalue weighted by Gasteiger charge is 2.10. The van der Waals surface area contributed by atoms with Crippen LogP contribution >= 0.6 is 0 Å². The van der Waals surface area contributed by atoms with E-state index in [0.717, 1.165) is 18.7 Å². The number of halogens is 1. The third kappa shape index (κ3) is 3.32. The van der Waals surface area contributed by atoms with Crippen molar-refractivity contribution in [1.29, 1.82) is 0 Å². The van der Waals surface area contributed by atoms with Gasteiger partial charge in [-0.2, -0.15) is 0 Å². The molecular formula is C16H19FN2. The Morgan fingerprint density at radius 2 is 1.79 bits per heavy atom. The van der Waals surface area contributed by atoms with Crippen LogP contribution in [0.1, 0.15) is 11.1 Å². The third-order valence-electron chi connectivity index (χ3n) is 3.29. The van der Waals surface area contributed by atoms with E-state index in [4.69, 9.17) is 5.73 Å². The highest BCUT2D eigenvalue weighted by molar-refractivity contribution is 5.53. The van der Waals surface area contributed by atoms with E-state index in [1.807, 2.05) is 31.3 Å². The summed E-state index contributed by atoms with van der Waals surface area (Å²) in [4.78, 5) is 2.05. The van der Waals surface area contributed by atoms with Gasteiger partial charge in [-0.25, -0.2) is 4.39 Å². The summed E-state index contributed by atoms with van der Waals surface area (Å²) in [6.07, 6.45) is 0.928. The van der Waals surface area contributed by atoms with E-state index in [1.54, 1.807) is 6.07 Å². The van der Waals surface area contributed by atoms with Gasteiger partial charge in [-0.05, 0) is 24.1 Å². The molecule has 0 atom stereocenters. The van der Waals surface area contributed by atoms with Gasteiger partial charge in [0, 0.05) is 31.4 Å². The van der Waals surface area contributed by atoms with Crippen molar-refractivity contribution in [3.05, 3.63) is 65.5 Å². The standard InChI is InChI=1S/C16H19FN2/c1-19(11-10-13-6-3-2-4-7-13)16-9-5-8-15(17)14(16)12-18/h2-9H,10-12,18H2,1H3. The van der Waals surface area contributed by atoms with Crippen molar-refractivity contribution in [2.75, 3.05) is 18.5 Å². The molecule has 2 nitrogen and oxygen atoms in total. The maximum Gasteiger partial charge on any atom is 0.129 e. The Kier molecular flexibility index (Phi) is 4.53. The van der Waals surface area contributed by atoms with Gasteiger partial charge in [0.05, 0.1) is 0 Å². The zero-order valence-electron chi connectivity index (χ0n) is 11.1. The van der Waals surface area contributed by atoms with E-state index in [9.17, 15) is 4.39 Å². The lowest BCUT2D eigenvalue weighted by molar-refractivity contribution is 0.609. The van der Waals surface area contributed by atoms with E-state index < -0.39 is 0 Å². The predicted molar refractivity (Wildman–Crippen MR) is 77.7 cm³/mol. The maximum absolute atomic E-state index is 13.7. The Bertz CT molecular complexity index is 526. The fourth-order valence-corrected chi connectivity index (χ4v) is 2.17. The molecule has 19 heavy (non-hydrogen) atoms. The van der Waals surface area contributed by atoms with Gasteiger partial charge in [-0.3, -0.25) is 0 Å². The summed E-state index contributed by atoms with van der Waals surface area (Å²) in [6, 6.07) is 15.4. The molecule has 3 heteroatoms. The minimum Gasteiger partial charge on any atom is -0.374 e. The molecule has 100 valence electrons. The molecule has 0 saturated carbocycles. The van der Waals surface area contributed by atoms with Crippen molar-refractivity contribution >= 4 is 5.69 Å². The Balaban J connectivity index is 2.08. The van der Waals surface area contributed by atoms with Crippen molar-refractivity contribution in [3.63, 3.8) is 0 Å². The molecule has 0 bridgehead atoms. The fraction of sp³-hybridized carbons (Fsp3) is 0.250. The number of benzene rings is 2. The first-order chi connectivity index (χ1) is 9.22. The molecule has 0 spiro atoms. The van der Waals surface area contributed by atoms with Gasteiger partial charge >= 0.3 is 0 Å². The minimum atomic E-state index is -0.230. The van der Waals surface area contributed by atoms with Crippen LogP contribution in [0.2, 0.25) is 0 Å². The van der Waals surface area contributed by atoms with E-state index in [0.29, 0.717) is 5.56 Å². The van der Waals surface area contributed by atoms with Crippen molar-refractivity contribution in [3.8, 4) is 0 Å². The van der Waals surface area contributed by atoms with Crippen molar-refractivity contribution in [2.45, 2.75) is 13.0 Å². The quantitative estimate of drug-likeness (QED) is 0.893. The molecule has 0 aliphatic carbocycles. The molecule has 0 heterocycles. The highest BCUT2D eigenvalue weighted by Crippen LogP contribution is 2.22. The van der Waals surface area contributed by atoms with Crippen molar-refractivity contribution < 1.29 is 4.39 Å². The lowest BCUT2D eigenvalue weighted by Gasteiger charge is -2.22. The molecule has 2 aromatic carbocycles. The monoisotopic (exact) mass is 258 g/mol.